The summed E-state index contributed by atoms with van der Waals surface area (Å²) < 4.78 is 7.83. The number of carboxylic acid groups (broad SMARTS) is 1. The zero-order chi connectivity index (χ0) is 34.6. The number of nitrogens with two attached hydrogens (primary N) is 1. The maximum absolute atomic E-state index is 12.4. The van der Waals surface area contributed by atoms with Crippen molar-refractivity contribution in [2.24, 2.45) is 16.6 Å². The molecule has 4 aromatic rings. The fraction of sp³-hybridized carbons (Fsp3) is 0.444. The summed E-state index contributed by atoms with van der Waals surface area (Å²) in [6.45, 7) is 6.63. The highest BCUT2D eigenvalue weighted by molar-refractivity contribution is 6.08. The highest BCUT2D eigenvalue weighted by Gasteiger charge is 2.31. The van der Waals surface area contributed by atoms with E-state index in [0.717, 1.165) is 92.6 Å². The van der Waals surface area contributed by atoms with Crippen LogP contribution in [0.3, 0.4) is 0 Å². The average molecular weight is 679 g/mol. The number of rotatable bonds is 9. The first kappa shape index (κ1) is 33.3. The molecule has 14 heteroatoms. The second-order valence-corrected chi connectivity index (χ2v) is 13.1. The Morgan fingerprint density at radius 1 is 1.08 bits per heavy atom. The molecule has 50 heavy (non-hydrogen) atoms. The van der Waals surface area contributed by atoms with Crippen LogP contribution >= 0.6 is 0 Å². The summed E-state index contributed by atoms with van der Waals surface area (Å²) in [6, 6.07) is 9.50. The van der Waals surface area contributed by atoms with Crippen molar-refractivity contribution >= 4 is 40.4 Å². The molecule has 0 saturated carbocycles. The van der Waals surface area contributed by atoms with E-state index in [0.29, 0.717) is 42.8 Å². The molecule has 1 aromatic carbocycles. The number of carboxylic acids is 1. The van der Waals surface area contributed by atoms with E-state index in [2.05, 4.69) is 30.8 Å². The molecule has 6 heterocycles. The number of piperidine rings is 1. The molecule has 0 unspecified atom stereocenters. The number of benzene rings is 1. The summed E-state index contributed by atoms with van der Waals surface area (Å²) in [7, 11) is 0. The Labute approximate surface area is 290 Å². The Kier molecular flexibility index (Phi) is 9.78. The van der Waals surface area contributed by atoms with Crippen molar-refractivity contribution in [3.8, 4) is 11.3 Å². The number of ether oxygens (including phenoxy) is 1. The van der Waals surface area contributed by atoms with Crippen LogP contribution in [0.15, 0.2) is 47.7 Å². The molecule has 3 aromatic heterocycles. The Morgan fingerprint density at radius 3 is 2.62 bits per heavy atom. The summed E-state index contributed by atoms with van der Waals surface area (Å²) in [4.78, 5) is 41.8. The van der Waals surface area contributed by atoms with Crippen LogP contribution in [0.25, 0.3) is 27.7 Å². The lowest BCUT2D eigenvalue weighted by Crippen LogP contribution is -2.35. The molecule has 14 nitrogen and oxygen atoms in total. The molecule has 0 bridgehead atoms. The SMILES string of the molecule is CC(=O)N1CCc2c(c(-c3cccc4nc(/C(C=NCCC5CCN(c6ccc(C(=O)O)nn6)CC5)=C/N)ncc34)nn2C2CCOCC2)C1. The van der Waals surface area contributed by atoms with Gasteiger partial charge in [-0.3, -0.25) is 14.5 Å². The maximum Gasteiger partial charge on any atom is 0.356 e. The first-order chi connectivity index (χ1) is 24.4. The van der Waals surface area contributed by atoms with Gasteiger partial charge in [0, 0.05) is 100 Å². The van der Waals surface area contributed by atoms with Gasteiger partial charge < -0.3 is 25.4 Å². The minimum Gasteiger partial charge on any atom is -0.476 e. The molecule has 7 rings (SSSR count). The second-order valence-electron chi connectivity index (χ2n) is 13.1. The summed E-state index contributed by atoms with van der Waals surface area (Å²) >= 11 is 0. The van der Waals surface area contributed by atoms with Gasteiger partial charge in [0.15, 0.2) is 17.3 Å². The number of hydrogen-bond acceptors (Lipinski definition) is 11. The normalized spacial score (nSPS) is 17.8. The molecule has 260 valence electrons. The van der Waals surface area contributed by atoms with Crippen LogP contribution in [0.4, 0.5) is 5.82 Å². The number of aromatic carboxylic acids is 1. The van der Waals surface area contributed by atoms with Crippen LogP contribution < -0.4 is 10.6 Å². The number of fused-ring (bicyclic) bond motifs is 2. The van der Waals surface area contributed by atoms with Crippen molar-refractivity contribution in [3.63, 3.8) is 0 Å². The first-order valence-corrected chi connectivity index (χ1v) is 17.3. The van der Waals surface area contributed by atoms with Crippen LogP contribution in [0.5, 0.6) is 0 Å². The Hall–Kier alpha value is -5.24. The van der Waals surface area contributed by atoms with Gasteiger partial charge in [0.1, 0.15) is 0 Å². The number of aliphatic imine (C=N–C) groups is 1. The molecule has 2 saturated heterocycles. The molecule has 0 spiro atoms. The zero-order valence-corrected chi connectivity index (χ0v) is 28.2. The van der Waals surface area contributed by atoms with Gasteiger partial charge in [0.2, 0.25) is 5.91 Å². The third-order valence-electron chi connectivity index (χ3n) is 10.1. The number of aromatic nitrogens is 6. The van der Waals surface area contributed by atoms with Gasteiger partial charge in [-0.2, -0.15) is 5.10 Å². The molecule has 2 fully saturated rings. The number of nitrogens with zero attached hydrogens (tertiary/aromatic N) is 9. The predicted octanol–water partition coefficient (Wildman–Crippen LogP) is 3.91. The number of amides is 1. The Bertz CT molecular complexity index is 1930. The zero-order valence-electron chi connectivity index (χ0n) is 28.2. The van der Waals surface area contributed by atoms with Crippen molar-refractivity contribution in [1.29, 1.82) is 0 Å². The van der Waals surface area contributed by atoms with E-state index in [4.69, 9.17) is 30.6 Å². The lowest BCUT2D eigenvalue weighted by atomic mass is 9.93. The van der Waals surface area contributed by atoms with E-state index in [1.165, 1.54) is 18.0 Å². The van der Waals surface area contributed by atoms with Crippen molar-refractivity contribution in [1.82, 2.24) is 34.8 Å². The summed E-state index contributed by atoms with van der Waals surface area (Å²) in [6.07, 6.45) is 10.6. The number of carbonyl (C=O) groups is 2. The van der Waals surface area contributed by atoms with Crippen LogP contribution in [0.1, 0.15) is 72.6 Å². The number of carbonyl (C=O) groups excluding carboxylic acids is 1. The van der Waals surface area contributed by atoms with Gasteiger partial charge in [0.25, 0.3) is 0 Å². The number of anilines is 1. The average Bonchev–Trinajstić information content (AvgIpc) is 3.54. The second kappa shape index (κ2) is 14.7. The smallest absolute Gasteiger partial charge is 0.356 e. The number of hydrogen-bond donors (Lipinski definition) is 2. The molecule has 0 radical (unpaired) electrons. The predicted molar refractivity (Wildman–Crippen MR) is 189 cm³/mol. The molecular formula is C36H42N10O4. The van der Waals surface area contributed by atoms with Gasteiger partial charge in [-0.15, -0.1) is 10.2 Å². The highest BCUT2D eigenvalue weighted by atomic mass is 16.5. The fourth-order valence-corrected chi connectivity index (χ4v) is 7.22. The van der Waals surface area contributed by atoms with Crippen LogP contribution in [-0.4, -0.2) is 97.4 Å². The largest absolute Gasteiger partial charge is 0.476 e. The minimum atomic E-state index is -1.08. The Balaban J connectivity index is 1.03. The van der Waals surface area contributed by atoms with E-state index in [1.807, 2.05) is 23.2 Å². The van der Waals surface area contributed by atoms with E-state index < -0.39 is 5.97 Å². The van der Waals surface area contributed by atoms with E-state index in [-0.39, 0.29) is 17.6 Å². The fourth-order valence-electron chi connectivity index (χ4n) is 7.22. The van der Waals surface area contributed by atoms with Crippen molar-refractivity contribution < 1.29 is 19.4 Å². The van der Waals surface area contributed by atoms with E-state index >= 15 is 0 Å². The summed E-state index contributed by atoms with van der Waals surface area (Å²) in [5.74, 6) is 0.719. The molecule has 1 amide bonds. The van der Waals surface area contributed by atoms with Crippen LogP contribution in [0.2, 0.25) is 0 Å². The van der Waals surface area contributed by atoms with E-state index in [1.54, 1.807) is 19.2 Å². The molecule has 3 aliphatic heterocycles. The monoisotopic (exact) mass is 678 g/mol. The topological polar surface area (TPSA) is 178 Å². The molecule has 3 N–H and O–H groups in total. The minimum absolute atomic E-state index is 0.0539. The van der Waals surface area contributed by atoms with Gasteiger partial charge in [-0.1, -0.05) is 12.1 Å². The third kappa shape index (κ3) is 6.93. The van der Waals surface area contributed by atoms with Gasteiger partial charge in [0.05, 0.1) is 22.8 Å². The standard InChI is InChI=1S/C36H42N10O4/c1-23(47)45-16-10-32-29(22-45)34(43-46(32)26-11-17-50-18-12-26)27-3-2-4-30-28(27)21-39-35(40-30)25(19-37)20-38-13-7-24-8-14-44(15-9-24)33-6-5-31(36(48)49)41-42-33/h2-6,19-21,24,26H,7-18,22,37H2,1H3,(H,48,49)/b25-19+,38-20?. The lowest BCUT2D eigenvalue weighted by molar-refractivity contribution is -0.129. The maximum atomic E-state index is 12.4. The van der Waals surface area contributed by atoms with Crippen LogP contribution in [0, 0.1) is 5.92 Å². The third-order valence-corrected chi connectivity index (χ3v) is 10.1. The van der Waals surface area contributed by atoms with Gasteiger partial charge >= 0.3 is 5.97 Å². The summed E-state index contributed by atoms with van der Waals surface area (Å²) in [5.41, 5.74) is 11.5. The molecule has 3 aliphatic rings. The molecule has 0 aliphatic carbocycles. The quantitative estimate of drug-likeness (QED) is 0.245. The van der Waals surface area contributed by atoms with Crippen molar-refractivity contribution in [3.05, 3.63) is 65.5 Å². The number of allylic oxidation sites excluding steroid dienone is 1. The van der Waals surface area contributed by atoms with Gasteiger partial charge in [-0.25, -0.2) is 14.8 Å². The van der Waals surface area contributed by atoms with Gasteiger partial charge in [-0.05, 0) is 56.2 Å². The molecular weight excluding hydrogens is 636 g/mol. The molecule has 0 atom stereocenters. The van der Waals surface area contributed by atoms with Crippen molar-refractivity contribution in [2.75, 3.05) is 44.3 Å². The lowest BCUT2D eigenvalue weighted by Gasteiger charge is -2.32. The highest BCUT2D eigenvalue weighted by Crippen LogP contribution is 2.37. The van der Waals surface area contributed by atoms with Crippen molar-refractivity contribution in [2.45, 2.75) is 58.0 Å². The van der Waals surface area contributed by atoms with E-state index in [9.17, 15) is 9.59 Å². The first-order valence-electron chi connectivity index (χ1n) is 17.3. The van der Waals surface area contributed by atoms with Crippen LogP contribution in [-0.2, 0) is 22.5 Å². The summed E-state index contributed by atoms with van der Waals surface area (Å²) in [5, 5.41) is 23.0. The Morgan fingerprint density at radius 2 is 1.90 bits per heavy atom.